The molecular weight excluding hydrogens is 337 g/mol. The molecule has 0 N–H and O–H groups in total. The van der Waals surface area contributed by atoms with Gasteiger partial charge in [-0.3, -0.25) is 0 Å². The summed E-state index contributed by atoms with van der Waals surface area (Å²) >= 11 is 13.1. The molecule has 0 spiro atoms. The van der Waals surface area contributed by atoms with Crippen molar-refractivity contribution < 1.29 is 8.42 Å². The van der Waals surface area contributed by atoms with Gasteiger partial charge in [0.1, 0.15) is 11.0 Å². The van der Waals surface area contributed by atoms with Crippen molar-refractivity contribution in [2.45, 2.75) is 4.90 Å². The Hall–Kier alpha value is -1.32. The molecule has 7 heteroatoms. The first kappa shape index (κ1) is 15.1. The Bertz CT molecular complexity index is 803. The van der Waals surface area contributed by atoms with Crippen molar-refractivity contribution in [1.82, 2.24) is 0 Å². The monoisotopic (exact) mass is 343 g/mol. The fourth-order valence-corrected chi connectivity index (χ4v) is 4.01. The quantitative estimate of drug-likeness (QED) is 0.776. The molecule has 1 aromatic heterocycles. The molecular formula is C13H7Cl2NO2S2. The smallest absolute Gasteiger partial charge is 0.218 e. The second-order valence-corrected chi connectivity index (χ2v) is 7.27. The molecule has 0 aliphatic rings. The molecule has 1 heterocycles. The lowest BCUT2D eigenvalue weighted by molar-refractivity contribution is 0.603. The Morgan fingerprint density at radius 1 is 1.30 bits per heavy atom. The summed E-state index contributed by atoms with van der Waals surface area (Å²) in [5, 5.41) is 12.9. The first-order valence-corrected chi connectivity index (χ1v) is 8.47. The van der Waals surface area contributed by atoms with Crippen molar-refractivity contribution in [3.63, 3.8) is 0 Å². The second-order valence-electron chi connectivity index (χ2n) is 3.76. The van der Waals surface area contributed by atoms with Gasteiger partial charge < -0.3 is 0 Å². The van der Waals surface area contributed by atoms with Gasteiger partial charge in [-0.2, -0.15) is 16.6 Å². The van der Waals surface area contributed by atoms with E-state index in [9.17, 15) is 8.42 Å². The first-order valence-electron chi connectivity index (χ1n) is 5.29. The fourth-order valence-electron chi connectivity index (χ4n) is 1.48. The Balaban J connectivity index is 2.59. The van der Waals surface area contributed by atoms with Crippen LogP contribution in [0.4, 0.5) is 0 Å². The van der Waals surface area contributed by atoms with Gasteiger partial charge in [-0.1, -0.05) is 23.2 Å². The van der Waals surface area contributed by atoms with Crippen molar-refractivity contribution in [2.24, 2.45) is 0 Å². The van der Waals surface area contributed by atoms with Crippen LogP contribution in [0.2, 0.25) is 10.0 Å². The van der Waals surface area contributed by atoms with Crippen LogP contribution >= 0.6 is 34.5 Å². The van der Waals surface area contributed by atoms with E-state index in [1.165, 1.54) is 35.6 Å². The number of halogens is 2. The van der Waals surface area contributed by atoms with Crippen LogP contribution in [-0.2, 0) is 9.84 Å². The topological polar surface area (TPSA) is 57.9 Å². The Kier molecular flexibility index (Phi) is 4.51. The third-order valence-electron chi connectivity index (χ3n) is 2.42. The summed E-state index contributed by atoms with van der Waals surface area (Å²) in [6.07, 6.45) is 1.31. The maximum atomic E-state index is 12.4. The standard InChI is InChI=1S/C13H7Cl2NO2S2/c14-10-1-2-12(15)13(6-10)20(17,18)11(7-16)5-9-3-4-19-8-9/h1-6,8H/b11-5+. The van der Waals surface area contributed by atoms with Crippen LogP contribution < -0.4 is 0 Å². The summed E-state index contributed by atoms with van der Waals surface area (Å²) < 4.78 is 24.9. The van der Waals surface area contributed by atoms with Gasteiger partial charge in [0.05, 0.1) is 9.92 Å². The van der Waals surface area contributed by atoms with E-state index in [0.29, 0.717) is 5.56 Å². The molecule has 0 bridgehead atoms. The van der Waals surface area contributed by atoms with E-state index in [-0.39, 0.29) is 19.8 Å². The molecule has 0 fully saturated rings. The number of benzene rings is 1. The first-order chi connectivity index (χ1) is 9.45. The normalized spacial score (nSPS) is 12.2. The van der Waals surface area contributed by atoms with Crippen molar-refractivity contribution >= 4 is 50.5 Å². The minimum Gasteiger partial charge on any atom is -0.218 e. The predicted molar refractivity (Wildman–Crippen MR) is 81.6 cm³/mol. The van der Waals surface area contributed by atoms with Crippen molar-refractivity contribution in [3.8, 4) is 6.07 Å². The lowest BCUT2D eigenvalue weighted by Crippen LogP contribution is -2.04. The zero-order valence-corrected chi connectivity index (χ0v) is 13.0. The van der Waals surface area contributed by atoms with Crippen molar-refractivity contribution in [3.05, 3.63) is 55.5 Å². The average Bonchev–Trinajstić information content (AvgIpc) is 2.91. The molecule has 0 saturated carbocycles. The molecule has 2 aromatic rings. The summed E-state index contributed by atoms with van der Waals surface area (Å²) in [6, 6.07) is 7.52. The van der Waals surface area contributed by atoms with Crippen LogP contribution in [-0.4, -0.2) is 8.42 Å². The molecule has 2 rings (SSSR count). The Morgan fingerprint density at radius 3 is 2.65 bits per heavy atom. The van der Waals surface area contributed by atoms with Gasteiger partial charge in [0, 0.05) is 5.02 Å². The van der Waals surface area contributed by atoms with Gasteiger partial charge in [0.2, 0.25) is 9.84 Å². The van der Waals surface area contributed by atoms with Gasteiger partial charge in [-0.25, -0.2) is 8.42 Å². The molecule has 0 aliphatic heterocycles. The van der Waals surface area contributed by atoms with Crippen molar-refractivity contribution in [2.75, 3.05) is 0 Å². The minimum atomic E-state index is -3.99. The molecule has 1 aromatic carbocycles. The van der Waals surface area contributed by atoms with Crippen LogP contribution in [0.5, 0.6) is 0 Å². The minimum absolute atomic E-state index is 0.0286. The lowest BCUT2D eigenvalue weighted by Gasteiger charge is -2.05. The van der Waals surface area contributed by atoms with Crippen LogP contribution in [0.1, 0.15) is 5.56 Å². The number of nitrogens with zero attached hydrogens (tertiary/aromatic N) is 1. The molecule has 0 saturated heterocycles. The van der Waals surface area contributed by atoms with Gasteiger partial charge in [-0.15, -0.1) is 0 Å². The molecule has 20 heavy (non-hydrogen) atoms. The van der Waals surface area contributed by atoms with E-state index < -0.39 is 9.84 Å². The van der Waals surface area contributed by atoms with E-state index in [2.05, 4.69) is 0 Å². The third-order valence-corrected chi connectivity index (χ3v) is 5.51. The van der Waals surface area contributed by atoms with Crippen molar-refractivity contribution in [1.29, 1.82) is 5.26 Å². The molecule has 102 valence electrons. The zero-order valence-electron chi connectivity index (χ0n) is 9.88. The SMILES string of the molecule is N#C/C(=C\c1ccsc1)S(=O)(=O)c1cc(Cl)ccc1Cl. The van der Waals surface area contributed by atoms with E-state index >= 15 is 0 Å². The molecule has 0 radical (unpaired) electrons. The van der Waals surface area contributed by atoms with Gasteiger partial charge in [0.15, 0.2) is 0 Å². The highest BCUT2D eigenvalue weighted by Gasteiger charge is 2.24. The highest BCUT2D eigenvalue weighted by molar-refractivity contribution is 7.95. The average molecular weight is 344 g/mol. The maximum Gasteiger partial charge on any atom is 0.218 e. The fraction of sp³-hybridized carbons (Fsp3) is 0. The van der Waals surface area contributed by atoms with E-state index in [1.54, 1.807) is 22.9 Å². The largest absolute Gasteiger partial charge is 0.218 e. The predicted octanol–water partition coefficient (Wildman–Crippen LogP) is 4.39. The Labute approximate surface area is 130 Å². The molecule has 3 nitrogen and oxygen atoms in total. The molecule has 0 aliphatic carbocycles. The number of hydrogen-bond donors (Lipinski definition) is 0. The van der Waals surface area contributed by atoms with Crippen LogP contribution in [0.3, 0.4) is 0 Å². The van der Waals surface area contributed by atoms with Crippen LogP contribution in [0.25, 0.3) is 6.08 Å². The van der Waals surface area contributed by atoms with E-state index in [4.69, 9.17) is 28.5 Å². The number of nitriles is 1. The summed E-state index contributed by atoms with van der Waals surface area (Å²) in [4.78, 5) is -0.547. The second kappa shape index (κ2) is 5.98. The summed E-state index contributed by atoms with van der Waals surface area (Å²) in [7, 11) is -3.99. The molecule has 0 atom stereocenters. The highest BCUT2D eigenvalue weighted by Crippen LogP contribution is 2.30. The summed E-state index contributed by atoms with van der Waals surface area (Å²) in [6.45, 7) is 0. The van der Waals surface area contributed by atoms with Crippen LogP contribution in [0.15, 0.2) is 44.8 Å². The van der Waals surface area contributed by atoms with Crippen LogP contribution in [0, 0.1) is 11.3 Å². The summed E-state index contributed by atoms with van der Waals surface area (Å²) in [5.74, 6) is 0. The number of sulfone groups is 1. The third kappa shape index (κ3) is 3.05. The van der Waals surface area contributed by atoms with E-state index in [0.717, 1.165) is 0 Å². The van der Waals surface area contributed by atoms with Gasteiger partial charge in [-0.05, 0) is 46.7 Å². The maximum absolute atomic E-state index is 12.4. The van der Waals surface area contributed by atoms with E-state index in [1.807, 2.05) is 0 Å². The number of allylic oxidation sites excluding steroid dienone is 1. The molecule has 0 amide bonds. The number of thiophene rings is 1. The zero-order chi connectivity index (χ0) is 14.8. The van der Waals surface area contributed by atoms with Gasteiger partial charge in [0.25, 0.3) is 0 Å². The number of hydrogen-bond acceptors (Lipinski definition) is 4. The van der Waals surface area contributed by atoms with Gasteiger partial charge >= 0.3 is 0 Å². The lowest BCUT2D eigenvalue weighted by atomic mass is 10.3. The molecule has 0 unspecified atom stereocenters. The highest BCUT2D eigenvalue weighted by atomic mass is 35.5. The Morgan fingerprint density at radius 2 is 2.05 bits per heavy atom. The number of rotatable bonds is 3. The summed E-state index contributed by atoms with van der Waals surface area (Å²) in [5.41, 5.74) is 0.647.